The third-order valence-electron chi connectivity index (χ3n) is 5.84. The fraction of sp³-hybridized carbons (Fsp3) is 0.417. The highest BCUT2D eigenvalue weighted by atomic mass is 16.5. The quantitative estimate of drug-likeness (QED) is 0.536. The smallest absolute Gasteiger partial charge is 0.237 e. The van der Waals surface area contributed by atoms with E-state index in [1.54, 1.807) is 31.3 Å². The van der Waals surface area contributed by atoms with Gasteiger partial charge in [0, 0.05) is 49.7 Å². The second-order valence-corrected chi connectivity index (χ2v) is 8.12. The Morgan fingerprint density at radius 1 is 1.18 bits per heavy atom. The normalized spacial score (nSPS) is 15.5. The molecule has 0 spiro atoms. The van der Waals surface area contributed by atoms with Gasteiger partial charge in [-0.15, -0.1) is 0 Å². The molecule has 1 aromatic carbocycles. The number of aromatic nitrogens is 4. The Bertz CT molecular complexity index is 1090. The summed E-state index contributed by atoms with van der Waals surface area (Å²) in [4.78, 5) is 28.2. The Hall–Kier alpha value is -3.62. The van der Waals surface area contributed by atoms with Crippen LogP contribution in [0.1, 0.15) is 30.5 Å². The van der Waals surface area contributed by atoms with Crippen LogP contribution in [0.3, 0.4) is 0 Å². The molecule has 3 heterocycles. The fourth-order valence-corrected chi connectivity index (χ4v) is 4.19. The van der Waals surface area contributed by atoms with Crippen LogP contribution in [0, 0.1) is 6.92 Å². The molecular weight excluding hydrogens is 420 g/mol. The summed E-state index contributed by atoms with van der Waals surface area (Å²) in [5.41, 5.74) is 1.97. The standard InChI is InChI=1S/C24H30N6O3/c1-17-13-22(28-24(27-17)29-12-10-25-16-29)30-11-4-5-19(30)15-23(31)26-9-8-18-6-7-20(32-2)21(14-18)33-3/h6-7,10,12-14,16,19H,4-5,8-9,11,15H2,1-3H3,(H,26,31). The number of methoxy groups -OCH3 is 2. The van der Waals surface area contributed by atoms with Crippen molar-refractivity contribution in [1.29, 1.82) is 0 Å². The molecule has 1 aliphatic heterocycles. The molecule has 9 heteroatoms. The minimum Gasteiger partial charge on any atom is -0.493 e. The molecule has 1 aliphatic rings. The molecule has 1 N–H and O–H groups in total. The molecule has 174 valence electrons. The number of anilines is 1. The van der Waals surface area contributed by atoms with Crippen LogP contribution < -0.4 is 19.7 Å². The number of benzene rings is 1. The van der Waals surface area contributed by atoms with Gasteiger partial charge in [0.15, 0.2) is 11.5 Å². The molecule has 1 saturated heterocycles. The third-order valence-corrected chi connectivity index (χ3v) is 5.84. The maximum absolute atomic E-state index is 12.7. The number of rotatable bonds is 9. The zero-order valence-electron chi connectivity index (χ0n) is 19.3. The number of carbonyl (C=O) groups excluding carboxylic acids is 1. The molecule has 1 unspecified atom stereocenters. The van der Waals surface area contributed by atoms with E-state index in [9.17, 15) is 4.79 Å². The lowest BCUT2D eigenvalue weighted by Crippen LogP contribution is -2.36. The lowest BCUT2D eigenvalue weighted by Gasteiger charge is -2.26. The summed E-state index contributed by atoms with van der Waals surface area (Å²) >= 11 is 0. The Balaban J connectivity index is 1.35. The van der Waals surface area contributed by atoms with Crippen LogP contribution in [0.15, 0.2) is 43.0 Å². The van der Waals surface area contributed by atoms with Crippen molar-refractivity contribution >= 4 is 11.7 Å². The molecule has 0 bridgehead atoms. The molecule has 2 aromatic heterocycles. The Labute approximate surface area is 193 Å². The van der Waals surface area contributed by atoms with E-state index >= 15 is 0 Å². The monoisotopic (exact) mass is 450 g/mol. The highest BCUT2D eigenvalue weighted by Crippen LogP contribution is 2.28. The zero-order valence-corrected chi connectivity index (χ0v) is 19.3. The number of nitrogens with one attached hydrogen (secondary N) is 1. The number of aryl methyl sites for hydroxylation is 1. The van der Waals surface area contributed by atoms with Gasteiger partial charge in [-0.3, -0.25) is 9.36 Å². The van der Waals surface area contributed by atoms with E-state index in [1.807, 2.05) is 37.4 Å². The van der Waals surface area contributed by atoms with Crippen LogP contribution in [-0.2, 0) is 11.2 Å². The first-order chi connectivity index (χ1) is 16.1. The molecule has 9 nitrogen and oxygen atoms in total. The Kier molecular flexibility index (Phi) is 7.07. The highest BCUT2D eigenvalue weighted by molar-refractivity contribution is 5.77. The van der Waals surface area contributed by atoms with Gasteiger partial charge < -0.3 is 19.7 Å². The van der Waals surface area contributed by atoms with Crippen molar-refractivity contribution in [3.8, 4) is 17.4 Å². The van der Waals surface area contributed by atoms with Crippen LogP contribution in [0.5, 0.6) is 11.5 Å². The Morgan fingerprint density at radius 3 is 2.79 bits per heavy atom. The third kappa shape index (κ3) is 5.42. The number of imidazole rings is 1. The SMILES string of the molecule is COc1ccc(CCNC(=O)CC2CCCN2c2cc(C)nc(-n3ccnc3)n2)cc1OC. The Morgan fingerprint density at radius 2 is 2.03 bits per heavy atom. The summed E-state index contributed by atoms with van der Waals surface area (Å²) in [7, 11) is 3.24. The number of ether oxygens (including phenoxy) is 2. The maximum atomic E-state index is 12.7. The van der Waals surface area contributed by atoms with Crippen molar-refractivity contribution < 1.29 is 14.3 Å². The van der Waals surface area contributed by atoms with E-state index in [-0.39, 0.29) is 11.9 Å². The topological polar surface area (TPSA) is 94.4 Å². The lowest BCUT2D eigenvalue weighted by atomic mass is 10.1. The van der Waals surface area contributed by atoms with Crippen molar-refractivity contribution in [2.24, 2.45) is 0 Å². The van der Waals surface area contributed by atoms with Gasteiger partial charge in [-0.05, 0) is 43.9 Å². The summed E-state index contributed by atoms with van der Waals surface area (Å²) in [6, 6.07) is 7.92. The second-order valence-electron chi connectivity index (χ2n) is 8.12. The van der Waals surface area contributed by atoms with Gasteiger partial charge in [0.05, 0.1) is 14.2 Å². The maximum Gasteiger partial charge on any atom is 0.237 e. The summed E-state index contributed by atoms with van der Waals surface area (Å²) < 4.78 is 12.4. The number of hydrogen-bond acceptors (Lipinski definition) is 7. The van der Waals surface area contributed by atoms with Crippen molar-refractivity contribution in [2.45, 2.75) is 38.6 Å². The molecular formula is C24H30N6O3. The van der Waals surface area contributed by atoms with Crippen LogP contribution in [-0.4, -0.2) is 58.8 Å². The van der Waals surface area contributed by atoms with Crippen molar-refractivity contribution in [3.05, 3.63) is 54.2 Å². The number of carbonyl (C=O) groups is 1. The van der Waals surface area contributed by atoms with Gasteiger partial charge in [0.25, 0.3) is 0 Å². The number of hydrogen-bond donors (Lipinski definition) is 1. The highest BCUT2D eigenvalue weighted by Gasteiger charge is 2.28. The van der Waals surface area contributed by atoms with E-state index < -0.39 is 0 Å². The molecule has 3 aromatic rings. The summed E-state index contributed by atoms with van der Waals surface area (Å²) in [6.07, 6.45) is 8.38. The van der Waals surface area contributed by atoms with Gasteiger partial charge in [-0.2, -0.15) is 4.98 Å². The summed E-state index contributed by atoms with van der Waals surface area (Å²) in [6.45, 7) is 3.40. The van der Waals surface area contributed by atoms with Crippen LogP contribution >= 0.6 is 0 Å². The average Bonchev–Trinajstić information content (AvgIpc) is 3.51. The molecule has 1 fully saturated rings. The molecule has 0 radical (unpaired) electrons. The van der Waals surface area contributed by atoms with E-state index in [0.717, 1.165) is 42.9 Å². The van der Waals surface area contributed by atoms with Crippen molar-refractivity contribution in [2.75, 3.05) is 32.2 Å². The zero-order chi connectivity index (χ0) is 23.2. The first kappa shape index (κ1) is 22.6. The van der Waals surface area contributed by atoms with Crippen LogP contribution in [0.4, 0.5) is 5.82 Å². The summed E-state index contributed by atoms with van der Waals surface area (Å²) in [5.74, 6) is 2.88. The minimum absolute atomic E-state index is 0.0491. The fourth-order valence-electron chi connectivity index (χ4n) is 4.19. The largest absolute Gasteiger partial charge is 0.493 e. The summed E-state index contributed by atoms with van der Waals surface area (Å²) in [5, 5.41) is 3.06. The molecule has 0 aliphatic carbocycles. The lowest BCUT2D eigenvalue weighted by molar-refractivity contribution is -0.121. The van der Waals surface area contributed by atoms with E-state index in [4.69, 9.17) is 14.5 Å². The van der Waals surface area contributed by atoms with Crippen LogP contribution in [0.2, 0.25) is 0 Å². The van der Waals surface area contributed by atoms with Gasteiger partial charge in [-0.25, -0.2) is 9.97 Å². The van der Waals surface area contributed by atoms with E-state index in [2.05, 4.69) is 20.2 Å². The molecule has 33 heavy (non-hydrogen) atoms. The van der Waals surface area contributed by atoms with Gasteiger partial charge in [0.2, 0.25) is 11.9 Å². The van der Waals surface area contributed by atoms with E-state index in [0.29, 0.717) is 30.4 Å². The first-order valence-electron chi connectivity index (χ1n) is 11.2. The molecule has 4 rings (SSSR count). The molecule has 1 atom stereocenters. The average molecular weight is 451 g/mol. The molecule has 0 saturated carbocycles. The minimum atomic E-state index is 0.0491. The second kappa shape index (κ2) is 10.3. The van der Waals surface area contributed by atoms with Gasteiger partial charge in [0.1, 0.15) is 12.1 Å². The van der Waals surface area contributed by atoms with Gasteiger partial charge >= 0.3 is 0 Å². The predicted molar refractivity (Wildman–Crippen MR) is 125 cm³/mol. The number of amides is 1. The van der Waals surface area contributed by atoms with Crippen molar-refractivity contribution in [3.63, 3.8) is 0 Å². The first-order valence-corrected chi connectivity index (χ1v) is 11.2. The van der Waals surface area contributed by atoms with E-state index in [1.165, 1.54) is 0 Å². The van der Waals surface area contributed by atoms with Crippen molar-refractivity contribution in [1.82, 2.24) is 24.8 Å². The van der Waals surface area contributed by atoms with Crippen LogP contribution in [0.25, 0.3) is 5.95 Å². The predicted octanol–water partition coefficient (Wildman–Crippen LogP) is 2.71. The van der Waals surface area contributed by atoms with Gasteiger partial charge in [-0.1, -0.05) is 6.07 Å². The molecule has 1 amide bonds. The number of nitrogens with zero attached hydrogens (tertiary/aromatic N) is 5.